The zero-order valence-electron chi connectivity index (χ0n) is 8.16. The van der Waals surface area contributed by atoms with Gasteiger partial charge in [0.1, 0.15) is 5.04 Å². The summed E-state index contributed by atoms with van der Waals surface area (Å²) >= 11 is 0. The van der Waals surface area contributed by atoms with Crippen molar-refractivity contribution in [3.05, 3.63) is 11.1 Å². The summed E-state index contributed by atoms with van der Waals surface area (Å²) in [6.45, 7) is 1.95. The number of hydrogen-bond donors (Lipinski definition) is 1. The van der Waals surface area contributed by atoms with Crippen LogP contribution in [0.15, 0.2) is 16.1 Å². The summed E-state index contributed by atoms with van der Waals surface area (Å²) in [5.74, 6) is 0. The van der Waals surface area contributed by atoms with Crippen LogP contribution in [0.3, 0.4) is 0 Å². The van der Waals surface area contributed by atoms with Gasteiger partial charge in [-0.25, -0.2) is 13.4 Å². The lowest BCUT2D eigenvalue weighted by molar-refractivity contribution is 0.350. The lowest BCUT2D eigenvalue weighted by Crippen LogP contribution is -2.37. The molecule has 0 spiro atoms. The average Bonchev–Trinajstić information content (AvgIpc) is 2.28. The third-order valence-corrected chi connectivity index (χ3v) is 4.62. The Hall–Kier alpha value is -0.680. The van der Waals surface area contributed by atoms with E-state index >= 15 is 0 Å². The number of nitrogens with one attached hydrogen (secondary N) is 1. The molecule has 5 heteroatoms. The van der Waals surface area contributed by atoms with E-state index in [-0.39, 0.29) is 5.04 Å². The van der Waals surface area contributed by atoms with E-state index in [0.29, 0.717) is 17.5 Å². The molecule has 1 N–H and O–H groups in total. The summed E-state index contributed by atoms with van der Waals surface area (Å²) in [7, 11) is -3.20. The summed E-state index contributed by atoms with van der Waals surface area (Å²) in [6.07, 6.45) is 5.02. The number of hydrogen-bond acceptors (Lipinski definition) is 4. The van der Waals surface area contributed by atoms with Gasteiger partial charge in [-0.15, -0.1) is 0 Å². The topological polar surface area (TPSA) is 58.5 Å². The number of sulfone groups is 1. The van der Waals surface area contributed by atoms with Crippen LogP contribution in [0.4, 0.5) is 0 Å². The molecule has 0 aromatic rings. The molecular weight excluding hydrogens is 200 g/mol. The summed E-state index contributed by atoms with van der Waals surface area (Å²) in [5, 5.41) is 3.43. The predicted molar refractivity (Wildman–Crippen MR) is 55.8 cm³/mol. The van der Waals surface area contributed by atoms with Crippen molar-refractivity contribution in [3.8, 4) is 0 Å². The Morgan fingerprint density at radius 2 is 2.29 bits per heavy atom. The average molecular weight is 214 g/mol. The normalized spacial score (nSPS) is 25.5. The van der Waals surface area contributed by atoms with Crippen LogP contribution in [0.2, 0.25) is 0 Å². The van der Waals surface area contributed by atoms with Gasteiger partial charge < -0.3 is 5.32 Å². The zero-order valence-corrected chi connectivity index (χ0v) is 8.97. The molecule has 1 fully saturated rings. The number of rotatable bonds is 3. The minimum atomic E-state index is -3.20. The van der Waals surface area contributed by atoms with Crippen LogP contribution in [-0.2, 0) is 9.84 Å². The summed E-state index contributed by atoms with van der Waals surface area (Å²) in [5.41, 5.74) is 0. The highest BCUT2D eigenvalue weighted by molar-refractivity contribution is 8.09. The second-order valence-corrected chi connectivity index (χ2v) is 5.88. The maximum atomic E-state index is 11.6. The van der Waals surface area contributed by atoms with E-state index in [2.05, 4.69) is 10.3 Å². The van der Waals surface area contributed by atoms with Crippen LogP contribution >= 0.6 is 0 Å². The first-order chi connectivity index (χ1) is 6.60. The molecule has 2 aliphatic rings. The Kier molecular flexibility index (Phi) is 2.45. The monoisotopic (exact) mass is 214 g/mol. The zero-order chi connectivity index (χ0) is 10.2. The van der Waals surface area contributed by atoms with Gasteiger partial charge in [0.15, 0.2) is 0 Å². The van der Waals surface area contributed by atoms with Gasteiger partial charge in [-0.2, -0.15) is 0 Å². The van der Waals surface area contributed by atoms with E-state index in [1.165, 1.54) is 19.5 Å². The molecule has 1 aliphatic carbocycles. The van der Waals surface area contributed by atoms with Crippen LogP contribution < -0.4 is 5.32 Å². The van der Waals surface area contributed by atoms with Gasteiger partial charge in [-0.3, -0.25) is 0 Å². The number of nitrogens with zero attached hydrogens (tertiary/aromatic N) is 1. The van der Waals surface area contributed by atoms with Gasteiger partial charge in [-0.1, -0.05) is 6.42 Å². The quantitative estimate of drug-likeness (QED) is 0.756. The van der Waals surface area contributed by atoms with Crippen LogP contribution in [-0.4, -0.2) is 26.0 Å². The SMILES string of the molecule is CC1=NC=C(CNC2CCC2)S1(=O)=O. The van der Waals surface area contributed by atoms with Gasteiger partial charge in [0.2, 0.25) is 9.84 Å². The van der Waals surface area contributed by atoms with Crippen molar-refractivity contribution in [2.45, 2.75) is 32.2 Å². The molecule has 1 heterocycles. The van der Waals surface area contributed by atoms with Crippen molar-refractivity contribution in [1.29, 1.82) is 0 Å². The molecule has 0 amide bonds. The van der Waals surface area contributed by atoms with Gasteiger partial charge in [0.25, 0.3) is 0 Å². The smallest absolute Gasteiger partial charge is 0.218 e. The Morgan fingerprint density at radius 1 is 1.57 bits per heavy atom. The van der Waals surface area contributed by atoms with Gasteiger partial charge >= 0.3 is 0 Å². The molecule has 14 heavy (non-hydrogen) atoms. The molecule has 2 rings (SSSR count). The van der Waals surface area contributed by atoms with Crippen molar-refractivity contribution in [2.24, 2.45) is 4.99 Å². The minimum absolute atomic E-state index is 0.211. The van der Waals surface area contributed by atoms with Crippen LogP contribution in [0.25, 0.3) is 0 Å². The molecular formula is C9H14N2O2S. The lowest BCUT2D eigenvalue weighted by atomic mass is 9.93. The van der Waals surface area contributed by atoms with Crippen molar-refractivity contribution < 1.29 is 8.42 Å². The van der Waals surface area contributed by atoms with E-state index in [4.69, 9.17) is 0 Å². The van der Waals surface area contributed by atoms with Gasteiger partial charge in [0.05, 0.1) is 4.91 Å². The third kappa shape index (κ3) is 1.62. The molecule has 78 valence electrons. The second-order valence-electron chi connectivity index (χ2n) is 3.76. The summed E-state index contributed by atoms with van der Waals surface area (Å²) in [4.78, 5) is 4.22. The van der Waals surface area contributed by atoms with Crippen LogP contribution in [0.5, 0.6) is 0 Å². The first-order valence-electron chi connectivity index (χ1n) is 4.82. The molecule has 0 atom stereocenters. The fraction of sp³-hybridized carbons (Fsp3) is 0.667. The minimum Gasteiger partial charge on any atom is -0.309 e. The Balaban J connectivity index is 1.94. The molecule has 0 bridgehead atoms. The summed E-state index contributed by atoms with van der Waals surface area (Å²) in [6, 6.07) is 0.506. The van der Waals surface area contributed by atoms with E-state index in [0.717, 1.165) is 12.8 Å². The first kappa shape index (κ1) is 9.86. The van der Waals surface area contributed by atoms with Crippen LogP contribution in [0, 0.1) is 0 Å². The van der Waals surface area contributed by atoms with Crippen molar-refractivity contribution in [3.63, 3.8) is 0 Å². The van der Waals surface area contributed by atoms with E-state index in [1.54, 1.807) is 0 Å². The van der Waals surface area contributed by atoms with Crippen molar-refractivity contribution >= 4 is 14.9 Å². The highest BCUT2D eigenvalue weighted by Crippen LogP contribution is 2.20. The van der Waals surface area contributed by atoms with E-state index in [9.17, 15) is 8.42 Å². The molecule has 0 aromatic carbocycles. The van der Waals surface area contributed by atoms with E-state index in [1.807, 2.05) is 0 Å². The molecule has 0 radical (unpaired) electrons. The second kappa shape index (κ2) is 3.47. The number of aliphatic imine (C=N–C) groups is 1. The standard InChI is InChI=1S/C9H14N2O2S/c1-7-10-5-9(14(7,12)13)6-11-8-3-2-4-8/h5,8,11H,2-4,6H2,1H3. The largest absolute Gasteiger partial charge is 0.309 e. The Morgan fingerprint density at radius 3 is 2.71 bits per heavy atom. The fourth-order valence-corrected chi connectivity index (χ4v) is 2.53. The maximum Gasteiger partial charge on any atom is 0.218 e. The highest BCUT2D eigenvalue weighted by atomic mass is 32.2. The van der Waals surface area contributed by atoms with Crippen molar-refractivity contribution in [2.75, 3.05) is 6.54 Å². The molecule has 4 nitrogen and oxygen atoms in total. The third-order valence-electron chi connectivity index (χ3n) is 2.79. The van der Waals surface area contributed by atoms with Gasteiger partial charge in [-0.05, 0) is 19.8 Å². The maximum absolute atomic E-state index is 11.6. The highest BCUT2D eigenvalue weighted by Gasteiger charge is 2.27. The molecule has 0 saturated heterocycles. The predicted octanol–water partition coefficient (Wildman–Crippen LogP) is 0.817. The molecule has 1 aliphatic heterocycles. The fourth-order valence-electron chi connectivity index (χ4n) is 1.49. The lowest BCUT2D eigenvalue weighted by Gasteiger charge is -2.26. The Bertz CT molecular complexity index is 391. The summed E-state index contributed by atoms with van der Waals surface area (Å²) < 4.78 is 23.1. The Labute approximate surface area is 84.0 Å². The van der Waals surface area contributed by atoms with Gasteiger partial charge in [0, 0.05) is 18.8 Å². The molecule has 0 aromatic heterocycles. The molecule has 0 unspecified atom stereocenters. The first-order valence-corrected chi connectivity index (χ1v) is 6.31. The molecule has 1 saturated carbocycles. The van der Waals surface area contributed by atoms with Crippen molar-refractivity contribution in [1.82, 2.24) is 5.32 Å². The van der Waals surface area contributed by atoms with Crippen LogP contribution in [0.1, 0.15) is 26.2 Å². The van der Waals surface area contributed by atoms with E-state index < -0.39 is 9.84 Å².